The van der Waals surface area contributed by atoms with Crippen molar-refractivity contribution in [2.45, 2.75) is 161 Å². The number of fused-ring (bicyclic) bond motifs is 6. The summed E-state index contributed by atoms with van der Waals surface area (Å²) in [5.74, 6) is 0.501. The Hall–Kier alpha value is -1.45. The van der Waals surface area contributed by atoms with Crippen LogP contribution in [0.4, 0.5) is 0 Å². The summed E-state index contributed by atoms with van der Waals surface area (Å²) in [6, 6.07) is 0. The maximum Gasteiger partial charge on any atom is 0.318 e. The molecule has 18 atom stereocenters. The number of rotatable bonds is 5. The standard InChI is InChI=1S/C41H64O12/c1-20-10-15-41(36(49)53-35-33(48)31(46)30(45)24(18-42)51-35)17-16-39(6)22(28(41)21(20)2)8-9-26-38(5)13-12-27(37(3,4)25(38)11-14-40(26,39)7)52-34-32(47)29(44)23(43)19-50-34/h8-9,20-21,23-27,29-35,42-48H,10-19H2,1-7H3/t20-,21-,23+,24+,25+,26-,27-,29-,30+,31-,32+,33+,34-,35-,38+,39-,40-,41+/m1/s1. The Morgan fingerprint density at radius 1 is 0.830 bits per heavy atom. The monoisotopic (exact) mass is 748 g/mol. The summed E-state index contributed by atoms with van der Waals surface area (Å²) in [4.78, 5) is 14.5. The second-order valence-electron chi connectivity index (χ2n) is 19.2. The molecule has 0 spiro atoms. The molecule has 53 heavy (non-hydrogen) atoms. The van der Waals surface area contributed by atoms with E-state index in [4.69, 9.17) is 18.9 Å². The van der Waals surface area contributed by atoms with Crippen molar-refractivity contribution in [2.75, 3.05) is 13.2 Å². The van der Waals surface area contributed by atoms with Gasteiger partial charge >= 0.3 is 5.97 Å². The Kier molecular flexibility index (Phi) is 10.2. The van der Waals surface area contributed by atoms with Gasteiger partial charge in [0.25, 0.3) is 0 Å². The Morgan fingerprint density at radius 3 is 2.23 bits per heavy atom. The first-order chi connectivity index (χ1) is 24.8. The summed E-state index contributed by atoms with van der Waals surface area (Å²) in [5, 5.41) is 72.3. The lowest BCUT2D eigenvalue weighted by atomic mass is 9.35. The molecule has 0 radical (unpaired) electrons. The van der Waals surface area contributed by atoms with Gasteiger partial charge in [-0.3, -0.25) is 4.79 Å². The van der Waals surface area contributed by atoms with Gasteiger partial charge in [0.2, 0.25) is 6.29 Å². The Balaban J connectivity index is 1.21. The van der Waals surface area contributed by atoms with Gasteiger partial charge in [-0.25, -0.2) is 0 Å². The molecule has 5 fully saturated rings. The van der Waals surface area contributed by atoms with Gasteiger partial charge in [-0.15, -0.1) is 0 Å². The number of allylic oxidation sites excluding steroid dienone is 3. The van der Waals surface area contributed by atoms with Crippen molar-refractivity contribution in [1.82, 2.24) is 0 Å². The van der Waals surface area contributed by atoms with Gasteiger partial charge in [0, 0.05) is 0 Å². The Labute approximate surface area is 313 Å². The van der Waals surface area contributed by atoms with E-state index < -0.39 is 73.3 Å². The van der Waals surface area contributed by atoms with Crippen LogP contribution < -0.4 is 0 Å². The third kappa shape index (κ3) is 5.70. The van der Waals surface area contributed by atoms with Crippen LogP contribution in [-0.4, -0.2) is 116 Å². The molecule has 0 bridgehead atoms. The zero-order valence-corrected chi connectivity index (χ0v) is 32.5. The van der Waals surface area contributed by atoms with Crippen LogP contribution >= 0.6 is 0 Å². The second kappa shape index (κ2) is 13.6. The maximum atomic E-state index is 14.5. The van der Waals surface area contributed by atoms with Crippen LogP contribution in [0.5, 0.6) is 0 Å². The fourth-order valence-corrected chi connectivity index (χ4v) is 12.8. The van der Waals surface area contributed by atoms with E-state index in [0.29, 0.717) is 24.7 Å². The predicted molar refractivity (Wildman–Crippen MR) is 191 cm³/mol. The lowest BCUT2D eigenvalue weighted by molar-refractivity contribution is -0.306. The minimum Gasteiger partial charge on any atom is -0.432 e. The van der Waals surface area contributed by atoms with E-state index in [-0.39, 0.29) is 46.2 Å². The highest BCUT2D eigenvalue weighted by molar-refractivity contribution is 5.82. The van der Waals surface area contributed by atoms with Crippen LogP contribution in [-0.2, 0) is 23.7 Å². The highest BCUT2D eigenvalue weighted by atomic mass is 16.7. The maximum absolute atomic E-state index is 14.5. The zero-order valence-electron chi connectivity index (χ0n) is 32.5. The van der Waals surface area contributed by atoms with Crippen molar-refractivity contribution in [3.05, 3.63) is 23.3 Å². The predicted octanol–water partition coefficient (Wildman–Crippen LogP) is 2.73. The quantitative estimate of drug-likeness (QED) is 0.161. The van der Waals surface area contributed by atoms with Crippen molar-refractivity contribution in [3.8, 4) is 0 Å². The average Bonchev–Trinajstić information content (AvgIpc) is 3.11. The molecule has 0 aromatic heterocycles. The molecule has 2 saturated heterocycles. The van der Waals surface area contributed by atoms with Gasteiger partial charge in [-0.2, -0.15) is 0 Å². The summed E-state index contributed by atoms with van der Waals surface area (Å²) in [6.45, 7) is 15.6. The largest absolute Gasteiger partial charge is 0.432 e. The summed E-state index contributed by atoms with van der Waals surface area (Å²) in [6.07, 6.45) is -1.39. The molecule has 7 rings (SSSR count). The summed E-state index contributed by atoms with van der Waals surface area (Å²) in [5.41, 5.74) is 0.720. The van der Waals surface area contributed by atoms with E-state index >= 15 is 0 Å². The number of hydrogen-bond acceptors (Lipinski definition) is 12. The molecule has 5 aliphatic carbocycles. The third-order valence-electron chi connectivity index (χ3n) is 16.5. The molecular weight excluding hydrogens is 684 g/mol. The van der Waals surface area contributed by atoms with Crippen molar-refractivity contribution < 1.29 is 59.5 Å². The molecular formula is C41H64O12. The molecule has 7 N–H and O–H groups in total. The molecule has 2 aliphatic heterocycles. The molecule has 7 aliphatic rings. The van der Waals surface area contributed by atoms with Gasteiger partial charge in [0.05, 0.1) is 24.7 Å². The Morgan fingerprint density at radius 2 is 1.53 bits per heavy atom. The first-order valence-electron chi connectivity index (χ1n) is 20.0. The normalized spacial score (nSPS) is 53.5. The highest BCUT2D eigenvalue weighted by Crippen LogP contribution is 2.74. The van der Waals surface area contributed by atoms with Crippen LogP contribution in [0, 0.1) is 50.7 Å². The second-order valence-corrected chi connectivity index (χ2v) is 19.2. The number of aliphatic hydroxyl groups is 7. The minimum atomic E-state index is -1.66. The average molecular weight is 749 g/mol. The molecule has 0 aromatic carbocycles. The molecule has 0 unspecified atom stereocenters. The molecule has 12 heteroatoms. The van der Waals surface area contributed by atoms with Crippen LogP contribution in [0.15, 0.2) is 23.3 Å². The molecule has 0 aromatic rings. The van der Waals surface area contributed by atoms with E-state index in [0.717, 1.165) is 44.1 Å². The lowest BCUT2D eigenvalue weighted by Crippen LogP contribution is -2.64. The molecule has 0 amide bonds. The summed E-state index contributed by atoms with van der Waals surface area (Å²) >= 11 is 0. The third-order valence-corrected chi connectivity index (χ3v) is 16.5. The number of carbonyl (C=O) groups excluding carboxylic acids is 1. The van der Waals surface area contributed by atoms with E-state index in [2.05, 4.69) is 60.6 Å². The van der Waals surface area contributed by atoms with Crippen molar-refractivity contribution in [1.29, 1.82) is 0 Å². The molecule has 12 nitrogen and oxygen atoms in total. The van der Waals surface area contributed by atoms with E-state index in [1.165, 1.54) is 5.57 Å². The molecule has 2 heterocycles. The van der Waals surface area contributed by atoms with Crippen molar-refractivity contribution in [2.24, 2.45) is 50.7 Å². The lowest BCUT2D eigenvalue weighted by Gasteiger charge is -2.69. The van der Waals surface area contributed by atoms with Crippen molar-refractivity contribution >= 4 is 5.97 Å². The first kappa shape index (κ1) is 39.8. The van der Waals surface area contributed by atoms with Gasteiger partial charge in [0.15, 0.2) is 6.29 Å². The zero-order chi connectivity index (χ0) is 38.6. The fraction of sp³-hybridized carbons (Fsp3) is 0.878. The van der Waals surface area contributed by atoms with E-state index in [1.54, 1.807) is 0 Å². The topological polar surface area (TPSA) is 196 Å². The fourth-order valence-electron chi connectivity index (χ4n) is 12.8. The number of carbonyl (C=O) groups is 1. The van der Waals surface area contributed by atoms with Crippen LogP contribution in [0.25, 0.3) is 0 Å². The number of aliphatic hydroxyl groups excluding tert-OH is 7. The highest BCUT2D eigenvalue weighted by Gasteiger charge is 2.68. The Bertz CT molecular complexity index is 1480. The number of ether oxygens (including phenoxy) is 4. The van der Waals surface area contributed by atoms with Gasteiger partial charge in [-0.1, -0.05) is 60.6 Å². The first-order valence-corrected chi connectivity index (χ1v) is 20.0. The summed E-state index contributed by atoms with van der Waals surface area (Å²) in [7, 11) is 0. The van der Waals surface area contributed by atoms with Crippen LogP contribution in [0.1, 0.15) is 99.8 Å². The molecule has 300 valence electrons. The van der Waals surface area contributed by atoms with Crippen molar-refractivity contribution in [3.63, 3.8) is 0 Å². The van der Waals surface area contributed by atoms with Gasteiger partial charge in [-0.05, 0) is 108 Å². The number of esters is 1. The summed E-state index contributed by atoms with van der Waals surface area (Å²) < 4.78 is 23.7. The van der Waals surface area contributed by atoms with Crippen LogP contribution in [0.2, 0.25) is 0 Å². The van der Waals surface area contributed by atoms with E-state index in [9.17, 15) is 40.5 Å². The van der Waals surface area contributed by atoms with E-state index in [1.807, 2.05) is 0 Å². The smallest absolute Gasteiger partial charge is 0.318 e. The van der Waals surface area contributed by atoms with Crippen LogP contribution in [0.3, 0.4) is 0 Å². The number of hydrogen-bond donors (Lipinski definition) is 7. The minimum absolute atomic E-state index is 0.0597. The molecule has 3 saturated carbocycles. The van der Waals surface area contributed by atoms with Gasteiger partial charge < -0.3 is 54.7 Å². The SMILES string of the molecule is C[C@@H]1CC[C@]2(C(=O)O[C@H]3O[C@@H](CO)[C@H](O)[C@@H](O)[C@@H]3O)CC[C@]3(C)C(=C2[C@@H]1C)C=C[C@@H]1[C@@]2(C)CC[C@@H](O[C@H]4OC[C@H](O)[C@@H](O)[C@@H]4O)C(C)(C)[C@@H]2CC[C@]13C. The van der Waals surface area contributed by atoms with Gasteiger partial charge in [0.1, 0.15) is 42.7 Å².